The van der Waals surface area contributed by atoms with Gasteiger partial charge in [-0.25, -0.2) is 4.98 Å². The fourth-order valence-electron chi connectivity index (χ4n) is 7.71. The Morgan fingerprint density at radius 3 is 2.63 bits per heavy atom. The molecule has 1 amide bonds. The Labute approximate surface area is 245 Å². The predicted molar refractivity (Wildman–Crippen MR) is 161 cm³/mol. The number of hydrogen-bond acceptors (Lipinski definition) is 5. The van der Waals surface area contributed by atoms with Crippen LogP contribution in [0.2, 0.25) is 5.02 Å². The van der Waals surface area contributed by atoms with Gasteiger partial charge in [-0.05, 0) is 71.1 Å². The number of aromatic amines is 1. The number of piperidine rings is 1. The molecular weight excluding hydrogens is 536 g/mol. The third-order valence-electron chi connectivity index (χ3n) is 9.82. The first kappa shape index (κ1) is 26.3. The van der Waals surface area contributed by atoms with Gasteiger partial charge in [0.15, 0.2) is 5.82 Å². The summed E-state index contributed by atoms with van der Waals surface area (Å²) in [5.41, 5.74) is 5.27. The fraction of sp³-hybridized carbons (Fsp3) is 0.484. The summed E-state index contributed by atoms with van der Waals surface area (Å²) < 4.78 is 4.49. The van der Waals surface area contributed by atoms with Crippen LogP contribution < -0.4 is 4.90 Å². The summed E-state index contributed by atoms with van der Waals surface area (Å²) in [6.07, 6.45) is 13.2. The van der Waals surface area contributed by atoms with Crippen LogP contribution in [-0.4, -0.2) is 65.5 Å². The second kappa shape index (κ2) is 9.21. The first-order valence-electron chi connectivity index (χ1n) is 14.5. The molecular formula is C31H37ClN8O. The Balaban J connectivity index is 1.29. The number of benzene rings is 1. The Bertz CT molecular complexity index is 1650. The van der Waals surface area contributed by atoms with E-state index in [9.17, 15) is 4.79 Å². The highest BCUT2D eigenvalue weighted by Crippen LogP contribution is 2.56. The molecule has 5 heterocycles. The average molecular weight is 573 g/mol. The van der Waals surface area contributed by atoms with Gasteiger partial charge in [-0.1, -0.05) is 18.2 Å². The van der Waals surface area contributed by atoms with Crippen molar-refractivity contribution in [3.05, 3.63) is 59.9 Å². The number of aryl methyl sites for hydroxylation is 1. The zero-order valence-electron chi connectivity index (χ0n) is 24.2. The van der Waals surface area contributed by atoms with Crippen molar-refractivity contribution in [2.75, 3.05) is 24.5 Å². The molecule has 10 heteroatoms. The summed E-state index contributed by atoms with van der Waals surface area (Å²) >= 11 is 7.13. The largest absolute Gasteiger partial charge is 0.349 e. The van der Waals surface area contributed by atoms with Gasteiger partial charge in [0.1, 0.15) is 0 Å². The minimum Gasteiger partial charge on any atom is -0.349 e. The molecule has 3 fully saturated rings. The van der Waals surface area contributed by atoms with Crippen LogP contribution in [0.5, 0.6) is 0 Å². The standard InChI is InChI=1S/C31H37ClN8O/c1-6-25(41)38-16-31(17-38)13-22(14-31)40-20(3)26(27-23-15-34-35-24(23)11-19(2)28(27)32)29(36-40)39-9-7-21(12-30(39,4)5)37-10-8-33-18-37/h6,8,10-11,15,18,21-22H,1,7,9,12-14,16-17H2,2-5H3,(H,34,35). The summed E-state index contributed by atoms with van der Waals surface area (Å²) in [5.74, 6) is 1.02. The number of nitrogens with zero attached hydrogens (tertiary/aromatic N) is 7. The van der Waals surface area contributed by atoms with Crippen LogP contribution in [0.4, 0.5) is 5.82 Å². The van der Waals surface area contributed by atoms with Gasteiger partial charge < -0.3 is 14.4 Å². The number of likely N-dealkylation sites (tertiary alicyclic amines) is 1. The molecule has 7 rings (SSSR count). The van der Waals surface area contributed by atoms with Gasteiger partial charge in [0.05, 0.1) is 29.1 Å². The first-order chi connectivity index (χ1) is 19.6. The Hall–Kier alpha value is -3.59. The van der Waals surface area contributed by atoms with Crippen LogP contribution in [0.3, 0.4) is 0 Å². The monoisotopic (exact) mass is 572 g/mol. The van der Waals surface area contributed by atoms with Crippen LogP contribution >= 0.6 is 11.6 Å². The predicted octanol–water partition coefficient (Wildman–Crippen LogP) is 5.86. The van der Waals surface area contributed by atoms with Crippen molar-refractivity contribution >= 4 is 34.2 Å². The molecule has 1 saturated carbocycles. The van der Waals surface area contributed by atoms with Gasteiger partial charge in [0, 0.05) is 71.2 Å². The third-order valence-corrected chi connectivity index (χ3v) is 10.3. The summed E-state index contributed by atoms with van der Waals surface area (Å²) in [7, 11) is 0. The van der Waals surface area contributed by atoms with E-state index in [1.54, 1.807) is 0 Å². The molecule has 9 nitrogen and oxygen atoms in total. The van der Waals surface area contributed by atoms with E-state index in [1.807, 2.05) is 23.6 Å². The summed E-state index contributed by atoms with van der Waals surface area (Å²) in [6, 6.07) is 2.75. The second-order valence-electron chi connectivity index (χ2n) is 13.0. The zero-order chi connectivity index (χ0) is 28.7. The average Bonchev–Trinajstić information content (AvgIpc) is 3.64. The molecule has 4 aromatic rings. The van der Waals surface area contributed by atoms with E-state index < -0.39 is 0 Å². The second-order valence-corrected chi connectivity index (χ2v) is 13.4. The number of anilines is 1. The summed E-state index contributed by atoms with van der Waals surface area (Å²) in [6.45, 7) is 15.0. The minimum atomic E-state index is -0.139. The van der Waals surface area contributed by atoms with Gasteiger partial charge in [-0.3, -0.25) is 14.6 Å². The van der Waals surface area contributed by atoms with Crippen molar-refractivity contribution in [1.82, 2.24) is 34.4 Å². The van der Waals surface area contributed by atoms with Gasteiger partial charge in [-0.2, -0.15) is 10.2 Å². The molecule has 41 heavy (non-hydrogen) atoms. The molecule has 1 spiro atoms. The third kappa shape index (κ3) is 4.03. The van der Waals surface area contributed by atoms with E-state index in [-0.39, 0.29) is 16.9 Å². The number of H-pyrrole nitrogens is 1. The highest BCUT2D eigenvalue weighted by Gasteiger charge is 2.54. The summed E-state index contributed by atoms with van der Waals surface area (Å²) in [5, 5.41) is 14.7. The lowest BCUT2D eigenvalue weighted by Crippen LogP contribution is -2.63. The number of imidazole rings is 1. The smallest absolute Gasteiger partial charge is 0.245 e. The van der Waals surface area contributed by atoms with Gasteiger partial charge in [0.25, 0.3) is 0 Å². The van der Waals surface area contributed by atoms with Crippen molar-refractivity contribution in [2.24, 2.45) is 5.41 Å². The molecule has 3 aliphatic rings. The quantitative estimate of drug-likeness (QED) is 0.303. The van der Waals surface area contributed by atoms with E-state index in [0.29, 0.717) is 12.1 Å². The number of fused-ring (bicyclic) bond motifs is 1. The molecule has 1 aliphatic carbocycles. The molecule has 1 unspecified atom stereocenters. The van der Waals surface area contributed by atoms with E-state index in [2.05, 4.69) is 75.9 Å². The van der Waals surface area contributed by atoms with Gasteiger partial charge >= 0.3 is 0 Å². The SMILES string of the molecule is C=CC(=O)N1CC2(CC(n3nc(N4CCC(n5ccnc5)CC4(C)C)c(-c4c(Cl)c(C)cc5[nH]ncc45)c3C)C2)C1. The van der Waals surface area contributed by atoms with Crippen LogP contribution in [0.1, 0.15) is 62.9 Å². The lowest BCUT2D eigenvalue weighted by molar-refractivity contribution is -0.149. The highest BCUT2D eigenvalue weighted by atomic mass is 35.5. The fourth-order valence-corrected chi connectivity index (χ4v) is 7.96. The van der Waals surface area contributed by atoms with E-state index in [4.69, 9.17) is 16.7 Å². The minimum absolute atomic E-state index is 0.0264. The van der Waals surface area contributed by atoms with Crippen molar-refractivity contribution in [2.45, 2.75) is 71.0 Å². The molecule has 214 valence electrons. The zero-order valence-corrected chi connectivity index (χ0v) is 24.9. The number of carbonyl (C=O) groups excluding carboxylic acids is 1. The van der Waals surface area contributed by atoms with Crippen molar-refractivity contribution < 1.29 is 4.79 Å². The number of amides is 1. The van der Waals surface area contributed by atoms with Gasteiger partial charge in [-0.15, -0.1) is 0 Å². The normalized spacial score (nSPS) is 21.7. The molecule has 1 atom stereocenters. The maximum atomic E-state index is 12.1. The van der Waals surface area contributed by atoms with E-state index in [1.165, 1.54) is 6.08 Å². The van der Waals surface area contributed by atoms with E-state index in [0.717, 1.165) is 89.4 Å². The van der Waals surface area contributed by atoms with Gasteiger partial charge in [0.2, 0.25) is 5.91 Å². The maximum Gasteiger partial charge on any atom is 0.245 e. The Kier molecular flexibility index (Phi) is 5.91. The van der Waals surface area contributed by atoms with Crippen molar-refractivity contribution in [3.63, 3.8) is 0 Å². The molecule has 2 aliphatic heterocycles. The first-order valence-corrected chi connectivity index (χ1v) is 14.9. The Morgan fingerprint density at radius 2 is 1.95 bits per heavy atom. The molecule has 2 saturated heterocycles. The number of hydrogen-bond donors (Lipinski definition) is 1. The Morgan fingerprint density at radius 1 is 1.17 bits per heavy atom. The number of halogens is 1. The number of nitrogens with one attached hydrogen (secondary N) is 1. The molecule has 1 N–H and O–H groups in total. The van der Waals surface area contributed by atoms with Crippen LogP contribution in [-0.2, 0) is 4.79 Å². The van der Waals surface area contributed by atoms with E-state index >= 15 is 0 Å². The highest BCUT2D eigenvalue weighted by molar-refractivity contribution is 6.36. The van der Waals surface area contributed by atoms with Crippen molar-refractivity contribution in [3.8, 4) is 11.1 Å². The summed E-state index contributed by atoms with van der Waals surface area (Å²) in [4.78, 5) is 20.8. The topological polar surface area (TPSA) is 87.9 Å². The van der Waals surface area contributed by atoms with Crippen LogP contribution in [0, 0.1) is 19.3 Å². The van der Waals surface area contributed by atoms with Crippen molar-refractivity contribution in [1.29, 1.82) is 0 Å². The molecule has 0 bridgehead atoms. The molecule has 3 aromatic heterocycles. The number of carbonyl (C=O) groups is 1. The van der Waals surface area contributed by atoms with Crippen LogP contribution in [0.15, 0.2) is 43.6 Å². The number of rotatable bonds is 5. The number of aromatic nitrogens is 6. The molecule has 1 aromatic carbocycles. The maximum absolute atomic E-state index is 12.1. The molecule has 0 radical (unpaired) electrons. The lowest BCUT2D eigenvalue weighted by Gasteiger charge is -2.58. The van der Waals surface area contributed by atoms with Crippen LogP contribution in [0.25, 0.3) is 22.0 Å². The lowest BCUT2D eigenvalue weighted by atomic mass is 9.60.